The Morgan fingerprint density at radius 3 is 2.81 bits per heavy atom. The maximum absolute atomic E-state index is 13.4. The van der Waals surface area contributed by atoms with Crippen LogP contribution in [0.1, 0.15) is 17.9 Å². The summed E-state index contributed by atoms with van der Waals surface area (Å²) < 4.78 is 45.2. The second-order valence-electron chi connectivity index (χ2n) is 5.12. The smallest absolute Gasteiger partial charge is 0.338 e. The Bertz CT molecular complexity index is 647. The van der Waals surface area contributed by atoms with Crippen molar-refractivity contribution in [1.82, 2.24) is 20.4 Å². The highest BCUT2D eigenvalue weighted by Gasteiger charge is 2.61. The molecule has 1 atom stereocenters. The molecule has 112 valence electrons. The SMILES string of the molecule is Cc1cnccc1-c1noc(C2(C(F)(F)F)CCNC2)n1. The van der Waals surface area contributed by atoms with Gasteiger partial charge in [0.05, 0.1) is 0 Å². The van der Waals surface area contributed by atoms with Crippen LogP contribution in [-0.2, 0) is 5.41 Å². The number of pyridine rings is 1. The number of halogens is 3. The summed E-state index contributed by atoms with van der Waals surface area (Å²) in [7, 11) is 0. The predicted octanol–water partition coefficient (Wildman–Crippen LogP) is 2.23. The number of aromatic nitrogens is 3. The summed E-state index contributed by atoms with van der Waals surface area (Å²) >= 11 is 0. The van der Waals surface area contributed by atoms with E-state index in [0.29, 0.717) is 5.56 Å². The average Bonchev–Trinajstić information content (AvgIpc) is 3.08. The number of nitrogens with one attached hydrogen (secondary N) is 1. The molecule has 0 bridgehead atoms. The molecule has 2 aromatic rings. The van der Waals surface area contributed by atoms with Crippen LogP contribution in [0.25, 0.3) is 11.4 Å². The van der Waals surface area contributed by atoms with Gasteiger partial charge in [0, 0.05) is 24.5 Å². The molecule has 0 amide bonds. The van der Waals surface area contributed by atoms with Crippen molar-refractivity contribution >= 4 is 0 Å². The molecule has 0 saturated carbocycles. The molecule has 0 aromatic carbocycles. The van der Waals surface area contributed by atoms with Gasteiger partial charge in [-0.2, -0.15) is 18.2 Å². The molecule has 8 heteroatoms. The first-order valence-electron chi connectivity index (χ1n) is 6.47. The summed E-state index contributed by atoms with van der Waals surface area (Å²) in [6, 6.07) is 1.65. The first kappa shape index (κ1) is 14.0. The normalized spacial score (nSPS) is 22.7. The highest BCUT2D eigenvalue weighted by atomic mass is 19.4. The molecule has 21 heavy (non-hydrogen) atoms. The van der Waals surface area contributed by atoms with Gasteiger partial charge in [0.25, 0.3) is 0 Å². The third kappa shape index (κ3) is 2.19. The Labute approximate surface area is 118 Å². The lowest BCUT2D eigenvalue weighted by Gasteiger charge is -2.26. The third-order valence-corrected chi connectivity index (χ3v) is 3.79. The number of aryl methyl sites for hydroxylation is 1. The van der Waals surface area contributed by atoms with Crippen LogP contribution in [0.4, 0.5) is 13.2 Å². The van der Waals surface area contributed by atoms with E-state index in [-0.39, 0.29) is 31.2 Å². The number of nitrogens with zero attached hydrogens (tertiary/aromatic N) is 3. The molecule has 1 fully saturated rings. The monoisotopic (exact) mass is 298 g/mol. The van der Waals surface area contributed by atoms with Gasteiger partial charge in [-0.05, 0) is 31.5 Å². The van der Waals surface area contributed by atoms with E-state index in [0.717, 1.165) is 5.56 Å². The van der Waals surface area contributed by atoms with Gasteiger partial charge in [-0.25, -0.2) is 0 Å². The topological polar surface area (TPSA) is 63.8 Å². The minimum Gasteiger partial charge on any atom is -0.338 e. The van der Waals surface area contributed by atoms with Gasteiger partial charge in [-0.15, -0.1) is 0 Å². The molecule has 1 N–H and O–H groups in total. The molecule has 1 aliphatic rings. The zero-order chi connectivity index (χ0) is 15.1. The lowest BCUT2D eigenvalue weighted by atomic mass is 9.86. The Balaban J connectivity index is 2.04. The van der Waals surface area contributed by atoms with E-state index in [1.165, 1.54) is 6.20 Å². The van der Waals surface area contributed by atoms with E-state index >= 15 is 0 Å². The number of rotatable bonds is 2. The van der Waals surface area contributed by atoms with E-state index in [1.54, 1.807) is 19.2 Å². The fourth-order valence-corrected chi connectivity index (χ4v) is 2.49. The summed E-state index contributed by atoms with van der Waals surface area (Å²) in [5.74, 6) is -0.230. The summed E-state index contributed by atoms with van der Waals surface area (Å²) in [6.07, 6.45) is -1.40. The summed E-state index contributed by atoms with van der Waals surface area (Å²) in [6.45, 7) is 1.81. The molecule has 0 aliphatic carbocycles. The van der Waals surface area contributed by atoms with E-state index in [9.17, 15) is 13.2 Å². The number of hydrogen-bond donors (Lipinski definition) is 1. The van der Waals surface area contributed by atoms with Crippen molar-refractivity contribution in [3.8, 4) is 11.4 Å². The molecule has 0 radical (unpaired) electrons. The van der Waals surface area contributed by atoms with E-state index in [1.807, 2.05) is 0 Å². The van der Waals surface area contributed by atoms with E-state index in [4.69, 9.17) is 4.52 Å². The fraction of sp³-hybridized carbons (Fsp3) is 0.462. The van der Waals surface area contributed by atoms with Crippen LogP contribution >= 0.6 is 0 Å². The third-order valence-electron chi connectivity index (χ3n) is 3.79. The zero-order valence-electron chi connectivity index (χ0n) is 11.2. The van der Waals surface area contributed by atoms with Crippen molar-refractivity contribution in [2.45, 2.75) is 24.9 Å². The molecule has 0 spiro atoms. The fourth-order valence-electron chi connectivity index (χ4n) is 2.49. The van der Waals surface area contributed by atoms with Crippen molar-refractivity contribution in [2.24, 2.45) is 0 Å². The quantitative estimate of drug-likeness (QED) is 0.921. The zero-order valence-corrected chi connectivity index (χ0v) is 11.2. The van der Waals surface area contributed by atoms with Crippen LogP contribution in [0.3, 0.4) is 0 Å². The molecule has 1 unspecified atom stereocenters. The predicted molar refractivity (Wildman–Crippen MR) is 67.5 cm³/mol. The summed E-state index contributed by atoms with van der Waals surface area (Å²) in [4.78, 5) is 7.93. The van der Waals surface area contributed by atoms with Crippen LogP contribution < -0.4 is 5.32 Å². The molecule has 1 aliphatic heterocycles. The molecule has 1 saturated heterocycles. The van der Waals surface area contributed by atoms with Crippen LogP contribution in [0.5, 0.6) is 0 Å². The molecule has 3 rings (SSSR count). The number of hydrogen-bond acceptors (Lipinski definition) is 5. The van der Waals surface area contributed by atoms with Gasteiger partial charge in [-0.1, -0.05) is 5.16 Å². The summed E-state index contributed by atoms with van der Waals surface area (Å²) in [5, 5.41) is 6.43. The van der Waals surface area contributed by atoms with Gasteiger partial charge in [-0.3, -0.25) is 4.98 Å². The van der Waals surface area contributed by atoms with E-state index in [2.05, 4.69) is 20.4 Å². The Kier molecular flexibility index (Phi) is 3.20. The summed E-state index contributed by atoms with van der Waals surface area (Å²) in [5.41, 5.74) is -0.710. The van der Waals surface area contributed by atoms with E-state index < -0.39 is 11.6 Å². The highest BCUT2D eigenvalue weighted by molar-refractivity contribution is 5.58. The first-order chi connectivity index (χ1) is 9.94. The van der Waals surface area contributed by atoms with Crippen molar-refractivity contribution in [2.75, 3.05) is 13.1 Å². The van der Waals surface area contributed by atoms with Crippen LogP contribution in [-0.4, -0.2) is 34.4 Å². The average molecular weight is 298 g/mol. The van der Waals surface area contributed by atoms with Crippen LogP contribution in [0.15, 0.2) is 23.0 Å². The van der Waals surface area contributed by atoms with Gasteiger partial charge >= 0.3 is 6.18 Å². The standard InChI is InChI=1S/C13H13F3N4O/c1-8-6-17-4-2-9(8)10-19-11(21-20-10)12(13(14,15)16)3-5-18-7-12/h2,4,6,18H,3,5,7H2,1H3. The minimum absolute atomic E-state index is 0.104. The molecular formula is C13H13F3N4O. The molecule has 3 heterocycles. The Morgan fingerprint density at radius 1 is 1.38 bits per heavy atom. The molecule has 2 aromatic heterocycles. The maximum atomic E-state index is 13.4. The lowest BCUT2D eigenvalue weighted by Crippen LogP contribution is -2.44. The van der Waals surface area contributed by atoms with Crippen molar-refractivity contribution in [3.05, 3.63) is 29.9 Å². The van der Waals surface area contributed by atoms with Gasteiger partial charge in [0.1, 0.15) is 0 Å². The Morgan fingerprint density at radius 2 is 2.19 bits per heavy atom. The first-order valence-corrected chi connectivity index (χ1v) is 6.47. The van der Waals surface area contributed by atoms with Crippen molar-refractivity contribution < 1.29 is 17.7 Å². The van der Waals surface area contributed by atoms with Crippen LogP contribution in [0, 0.1) is 6.92 Å². The van der Waals surface area contributed by atoms with Gasteiger partial charge < -0.3 is 9.84 Å². The van der Waals surface area contributed by atoms with Crippen molar-refractivity contribution in [1.29, 1.82) is 0 Å². The van der Waals surface area contributed by atoms with Crippen LogP contribution in [0.2, 0.25) is 0 Å². The van der Waals surface area contributed by atoms with Crippen molar-refractivity contribution in [3.63, 3.8) is 0 Å². The Hall–Kier alpha value is -1.96. The molecule has 5 nitrogen and oxygen atoms in total. The van der Waals surface area contributed by atoms with Gasteiger partial charge in [0.2, 0.25) is 11.7 Å². The van der Waals surface area contributed by atoms with Gasteiger partial charge in [0.15, 0.2) is 5.41 Å². The second-order valence-corrected chi connectivity index (χ2v) is 5.12. The molecular weight excluding hydrogens is 285 g/mol. The second kappa shape index (κ2) is 4.80. The highest BCUT2D eigenvalue weighted by Crippen LogP contribution is 2.45. The largest absolute Gasteiger partial charge is 0.404 e. The lowest BCUT2D eigenvalue weighted by molar-refractivity contribution is -0.191. The minimum atomic E-state index is -4.44. The maximum Gasteiger partial charge on any atom is 0.404 e. The number of alkyl halides is 3.